The van der Waals surface area contributed by atoms with Crippen LogP contribution in [-0.4, -0.2) is 23.9 Å². The lowest BCUT2D eigenvalue weighted by Crippen LogP contribution is -2.35. The number of carbonyl (C=O) groups is 1. The summed E-state index contributed by atoms with van der Waals surface area (Å²) in [5.74, 6) is 0.160. The number of rotatable bonds is 7. The van der Waals surface area contributed by atoms with Crippen LogP contribution >= 0.6 is 12.4 Å². The summed E-state index contributed by atoms with van der Waals surface area (Å²) in [7, 11) is 0. The van der Waals surface area contributed by atoms with Crippen molar-refractivity contribution < 1.29 is 4.79 Å². The van der Waals surface area contributed by atoms with Gasteiger partial charge in [0.05, 0.1) is 0 Å². The number of halogens is 1. The minimum Gasteiger partial charge on any atom is -0.337 e. The van der Waals surface area contributed by atoms with E-state index in [2.05, 4.69) is 12.1 Å². The highest BCUT2D eigenvalue weighted by atomic mass is 35.5. The van der Waals surface area contributed by atoms with Gasteiger partial charge in [0.2, 0.25) is 5.91 Å². The van der Waals surface area contributed by atoms with Crippen molar-refractivity contribution in [3.63, 3.8) is 0 Å². The minimum absolute atomic E-state index is 0. The molecule has 0 aliphatic heterocycles. The lowest BCUT2D eigenvalue weighted by atomic mass is 10.1. The van der Waals surface area contributed by atoms with Gasteiger partial charge in [-0.05, 0) is 17.5 Å². The van der Waals surface area contributed by atoms with E-state index >= 15 is 0 Å². The standard InChI is InChI=1S/C18H22N2O.ClH/c19-13-14-20(15-17-9-5-2-6-10-17)18(21)12-11-16-7-3-1-4-8-16;/h1-10H,11-15,19H2;1H. The minimum atomic E-state index is 0. The molecule has 2 N–H and O–H groups in total. The van der Waals surface area contributed by atoms with Crippen molar-refractivity contribution in [3.8, 4) is 0 Å². The van der Waals surface area contributed by atoms with Gasteiger partial charge in [-0.15, -0.1) is 12.4 Å². The number of nitrogens with zero attached hydrogens (tertiary/aromatic N) is 1. The van der Waals surface area contributed by atoms with Crippen LogP contribution < -0.4 is 5.73 Å². The van der Waals surface area contributed by atoms with Gasteiger partial charge in [-0.25, -0.2) is 0 Å². The first kappa shape index (κ1) is 18.2. The van der Waals surface area contributed by atoms with E-state index in [4.69, 9.17) is 5.73 Å². The van der Waals surface area contributed by atoms with Crippen molar-refractivity contribution in [2.24, 2.45) is 5.73 Å². The maximum atomic E-state index is 12.4. The van der Waals surface area contributed by atoms with Crippen LogP contribution in [0.15, 0.2) is 60.7 Å². The second kappa shape index (κ2) is 9.98. The molecule has 2 rings (SSSR count). The third-order valence-corrected chi connectivity index (χ3v) is 3.44. The molecule has 1 amide bonds. The van der Waals surface area contributed by atoms with Gasteiger partial charge in [0.1, 0.15) is 0 Å². The van der Waals surface area contributed by atoms with Crippen LogP contribution in [0.2, 0.25) is 0 Å². The molecule has 22 heavy (non-hydrogen) atoms. The van der Waals surface area contributed by atoms with E-state index in [1.54, 1.807) is 0 Å². The molecular weight excluding hydrogens is 296 g/mol. The Morgan fingerprint density at radius 2 is 1.45 bits per heavy atom. The monoisotopic (exact) mass is 318 g/mol. The van der Waals surface area contributed by atoms with E-state index in [9.17, 15) is 4.79 Å². The Balaban J connectivity index is 0.00000242. The molecule has 0 aliphatic carbocycles. The molecule has 0 saturated heterocycles. The van der Waals surface area contributed by atoms with Crippen LogP contribution in [0.4, 0.5) is 0 Å². The van der Waals surface area contributed by atoms with Gasteiger partial charge in [0, 0.05) is 26.1 Å². The van der Waals surface area contributed by atoms with Gasteiger partial charge in [0.25, 0.3) is 0 Å². The fourth-order valence-corrected chi connectivity index (χ4v) is 2.31. The summed E-state index contributed by atoms with van der Waals surface area (Å²) < 4.78 is 0. The second-order valence-corrected chi connectivity index (χ2v) is 5.08. The lowest BCUT2D eigenvalue weighted by molar-refractivity contribution is -0.131. The first-order valence-electron chi connectivity index (χ1n) is 7.35. The number of hydrogen-bond acceptors (Lipinski definition) is 2. The van der Waals surface area contributed by atoms with E-state index in [-0.39, 0.29) is 18.3 Å². The Hall–Kier alpha value is -1.84. The topological polar surface area (TPSA) is 46.3 Å². The van der Waals surface area contributed by atoms with Gasteiger partial charge in [-0.3, -0.25) is 4.79 Å². The zero-order valence-electron chi connectivity index (χ0n) is 12.7. The van der Waals surface area contributed by atoms with Crippen LogP contribution in [0.1, 0.15) is 17.5 Å². The average molecular weight is 319 g/mol. The lowest BCUT2D eigenvalue weighted by Gasteiger charge is -2.22. The molecular formula is C18H23ClN2O. The molecule has 0 fully saturated rings. The van der Waals surface area contributed by atoms with Crippen LogP contribution in [0, 0.1) is 0 Å². The van der Waals surface area contributed by atoms with Gasteiger partial charge < -0.3 is 10.6 Å². The molecule has 0 spiro atoms. The summed E-state index contributed by atoms with van der Waals surface area (Å²) in [5.41, 5.74) is 7.97. The van der Waals surface area contributed by atoms with E-state index in [1.807, 2.05) is 53.4 Å². The van der Waals surface area contributed by atoms with E-state index in [1.165, 1.54) is 5.56 Å². The fourth-order valence-electron chi connectivity index (χ4n) is 2.31. The molecule has 0 atom stereocenters. The van der Waals surface area contributed by atoms with Crippen molar-refractivity contribution in [2.75, 3.05) is 13.1 Å². The summed E-state index contributed by atoms with van der Waals surface area (Å²) in [4.78, 5) is 14.2. The third-order valence-electron chi connectivity index (χ3n) is 3.44. The van der Waals surface area contributed by atoms with Crippen molar-refractivity contribution in [1.82, 2.24) is 4.90 Å². The van der Waals surface area contributed by atoms with E-state index in [0.29, 0.717) is 26.1 Å². The van der Waals surface area contributed by atoms with Gasteiger partial charge in [-0.1, -0.05) is 60.7 Å². The summed E-state index contributed by atoms with van der Waals surface area (Å²) in [6.07, 6.45) is 1.30. The SMILES string of the molecule is Cl.NCCN(Cc1ccccc1)C(=O)CCc1ccccc1. The Morgan fingerprint density at radius 1 is 0.909 bits per heavy atom. The summed E-state index contributed by atoms with van der Waals surface area (Å²) in [6.45, 7) is 1.72. The van der Waals surface area contributed by atoms with Crippen LogP contribution in [0.5, 0.6) is 0 Å². The smallest absolute Gasteiger partial charge is 0.223 e. The number of carbonyl (C=O) groups excluding carboxylic acids is 1. The summed E-state index contributed by atoms with van der Waals surface area (Å²) in [6, 6.07) is 20.1. The van der Waals surface area contributed by atoms with E-state index < -0.39 is 0 Å². The first-order valence-corrected chi connectivity index (χ1v) is 7.35. The average Bonchev–Trinajstić information content (AvgIpc) is 2.54. The predicted octanol–water partition coefficient (Wildman–Crippen LogP) is 3.03. The van der Waals surface area contributed by atoms with Crippen LogP contribution in [0.25, 0.3) is 0 Å². The molecule has 0 unspecified atom stereocenters. The Kier molecular flexibility index (Phi) is 8.26. The molecule has 0 aliphatic rings. The first-order chi connectivity index (χ1) is 10.3. The highest BCUT2D eigenvalue weighted by Gasteiger charge is 2.13. The predicted molar refractivity (Wildman–Crippen MR) is 92.9 cm³/mol. The molecule has 0 bridgehead atoms. The Labute approximate surface area is 138 Å². The maximum Gasteiger partial charge on any atom is 0.223 e. The molecule has 0 saturated carbocycles. The number of nitrogens with two attached hydrogens (primary N) is 1. The zero-order chi connectivity index (χ0) is 14.9. The highest BCUT2D eigenvalue weighted by Crippen LogP contribution is 2.08. The molecule has 0 heterocycles. The molecule has 0 aromatic heterocycles. The quantitative estimate of drug-likeness (QED) is 0.853. The van der Waals surface area contributed by atoms with Gasteiger partial charge in [0.15, 0.2) is 0 Å². The van der Waals surface area contributed by atoms with Gasteiger partial charge >= 0.3 is 0 Å². The van der Waals surface area contributed by atoms with Gasteiger partial charge in [-0.2, -0.15) is 0 Å². The fraction of sp³-hybridized carbons (Fsp3) is 0.278. The zero-order valence-corrected chi connectivity index (χ0v) is 13.5. The molecule has 0 radical (unpaired) electrons. The number of hydrogen-bond donors (Lipinski definition) is 1. The second-order valence-electron chi connectivity index (χ2n) is 5.08. The van der Waals surface area contributed by atoms with Crippen LogP contribution in [0.3, 0.4) is 0 Å². The van der Waals surface area contributed by atoms with Crippen molar-refractivity contribution in [2.45, 2.75) is 19.4 Å². The normalized spacial score (nSPS) is 9.86. The number of amides is 1. The maximum absolute atomic E-state index is 12.4. The molecule has 4 heteroatoms. The molecule has 118 valence electrons. The Bertz CT molecular complexity index is 546. The number of benzene rings is 2. The number of aryl methyl sites for hydroxylation is 1. The van der Waals surface area contributed by atoms with Crippen molar-refractivity contribution in [3.05, 3.63) is 71.8 Å². The van der Waals surface area contributed by atoms with E-state index in [0.717, 1.165) is 12.0 Å². The Morgan fingerprint density at radius 3 is 2.00 bits per heavy atom. The molecule has 2 aromatic carbocycles. The molecule has 2 aromatic rings. The molecule has 3 nitrogen and oxygen atoms in total. The highest BCUT2D eigenvalue weighted by molar-refractivity contribution is 5.85. The largest absolute Gasteiger partial charge is 0.337 e. The van der Waals surface area contributed by atoms with Crippen LogP contribution in [-0.2, 0) is 17.8 Å². The summed E-state index contributed by atoms with van der Waals surface area (Å²) in [5, 5.41) is 0. The van der Waals surface area contributed by atoms with Crippen molar-refractivity contribution >= 4 is 18.3 Å². The van der Waals surface area contributed by atoms with Crippen molar-refractivity contribution in [1.29, 1.82) is 0 Å². The third kappa shape index (κ3) is 5.88. The summed E-state index contributed by atoms with van der Waals surface area (Å²) >= 11 is 0.